The van der Waals surface area contributed by atoms with E-state index in [4.69, 9.17) is 11.6 Å². The van der Waals surface area contributed by atoms with Crippen molar-refractivity contribution < 1.29 is 14.0 Å². The Kier molecular flexibility index (Phi) is 6.94. The van der Waals surface area contributed by atoms with Crippen LogP contribution >= 0.6 is 11.6 Å². The van der Waals surface area contributed by atoms with Crippen LogP contribution in [-0.2, 0) is 4.79 Å². The van der Waals surface area contributed by atoms with Crippen molar-refractivity contribution in [2.45, 2.75) is 13.0 Å². The Morgan fingerprint density at radius 1 is 1.00 bits per heavy atom. The summed E-state index contributed by atoms with van der Waals surface area (Å²) in [5.41, 5.74) is 2.28. The summed E-state index contributed by atoms with van der Waals surface area (Å²) in [5, 5.41) is 3.20. The maximum absolute atomic E-state index is 13.7. The van der Waals surface area contributed by atoms with Crippen molar-refractivity contribution in [3.63, 3.8) is 0 Å². The Bertz CT molecular complexity index is 1320. The number of amides is 2. The van der Waals surface area contributed by atoms with Crippen molar-refractivity contribution in [3.05, 3.63) is 119 Å². The molecule has 0 aliphatic rings. The molecule has 1 N–H and O–H groups in total. The Morgan fingerprint density at radius 3 is 2.44 bits per heavy atom. The molecule has 0 spiro atoms. The SMILES string of the molecule is Cc1ccccc1C(C(=O)Nc1ccc(F)cc1)N(C(=O)c1cnccn1)c1cccc(Cl)c1. The zero-order valence-corrected chi connectivity index (χ0v) is 18.9. The minimum atomic E-state index is -1.08. The van der Waals surface area contributed by atoms with Crippen molar-refractivity contribution >= 4 is 34.8 Å². The van der Waals surface area contributed by atoms with Gasteiger partial charge in [0.1, 0.15) is 17.6 Å². The van der Waals surface area contributed by atoms with Gasteiger partial charge in [-0.15, -0.1) is 0 Å². The Morgan fingerprint density at radius 2 is 1.76 bits per heavy atom. The van der Waals surface area contributed by atoms with E-state index < -0.39 is 23.7 Å². The van der Waals surface area contributed by atoms with Crippen LogP contribution in [0, 0.1) is 12.7 Å². The third-order valence-corrected chi connectivity index (χ3v) is 5.42. The summed E-state index contributed by atoms with van der Waals surface area (Å²) in [6.07, 6.45) is 4.21. The standard InChI is InChI=1S/C26H20ClFN4O2/c1-17-5-2-3-8-22(17)24(25(33)31-20-11-9-19(28)10-12-20)32(21-7-4-6-18(27)15-21)26(34)23-16-29-13-14-30-23/h2-16,24H,1H3,(H,31,33). The summed E-state index contributed by atoms with van der Waals surface area (Å²) < 4.78 is 13.4. The highest BCUT2D eigenvalue weighted by atomic mass is 35.5. The third-order valence-electron chi connectivity index (χ3n) is 5.19. The van der Waals surface area contributed by atoms with Gasteiger partial charge in [0.15, 0.2) is 0 Å². The van der Waals surface area contributed by atoms with E-state index in [1.165, 1.54) is 47.8 Å². The molecule has 0 radical (unpaired) electrons. The predicted octanol–water partition coefficient (Wildman–Crippen LogP) is 5.60. The minimum absolute atomic E-state index is 0.0654. The number of hydrogen-bond acceptors (Lipinski definition) is 4. The molecule has 1 heterocycles. The normalized spacial score (nSPS) is 11.5. The van der Waals surface area contributed by atoms with E-state index in [1.807, 2.05) is 19.1 Å². The van der Waals surface area contributed by atoms with Gasteiger partial charge in [-0.05, 0) is 60.5 Å². The fraction of sp³-hybridized carbons (Fsp3) is 0.0769. The van der Waals surface area contributed by atoms with E-state index in [1.54, 1.807) is 36.4 Å². The zero-order chi connectivity index (χ0) is 24.1. The van der Waals surface area contributed by atoms with E-state index in [0.717, 1.165) is 5.56 Å². The number of nitrogens with zero attached hydrogens (tertiary/aromatic N) is 3. The van der Waals surface area contributed by atoms with Crippen LogP contribution < -0.4 is 10.2 Å². The average molecular weight is 475 g/mol. The molecule has 0 saturated carbocycles. The number of anilines is 2. The largest absolute Gasteiger partial charge is 0.324 e. The zero-order valence-electron chi connectivity index (χ0n) is 18.2. The molecule has 0 saturated heterocycles. The van der Waals surface area contributed by atoms with Gasteiger partial charge >= 0.3 is 0 Å². The monoisotopic (exact) mass is 474 g/mol. The second kappa shape index (κ2) is 10.2. The highest BCUT2D eigenvalue weighted by Gasteiger charge is 2.35. The molecule has 6 nitrogen and oxygen atoms in total. The van der Waals surface area contributed by atoms with Gasteiger partial charge in [0.25, 0.3) is 11.8 Å². The molecule has 4 rings (SSSR count). The van der Waals surface area contributed by atoms with Crippen LogP contribution in [-0.4, -0.2) is 21.8 Å². The molecule has 1 aromatic heterocycles. The molecule has 0 aliphatic carbocycles. The second-order valence-electron chi connectivity index (χ2n) is 7.50. The van der Waals surface area contributed by atoms with Crippen molar-refractivity contribution in [2.24, 2.45) is 0 Å². The van der Waals surface area contributed by atoms with Crippen LogP contribution in [0.2, 0.25) is 5.02 Å². The second-order valence-corrected chi connectivity index (χ2v) is 7.94. The summed E-state index contributed by atoms with van der Waals surface area (Å²) in [6.45, 7) is 1.86. The molecule has 1 unspecified atom stereocenters. The molecular formula is C26H20ClFN4O2. The number of carbonyl (C=O) groups excluding carboxylic acids is 2. The summed E-state index contributed by atoms with van der Waals surface area (Å²) in [7, 11) is 0. The van der Waals surface area contributed by atoms with Crippen molar-refractivity contribution in [2.75, 3.05) is 10.2 Å². The van der Waals surface area contributed by atoms with Crippen molar-refractivity contribution in [3.8, 4) is 0 Å². The number of nitrogens with one attached hydrogen (secondary N) is 1. The molecule has 1 atom stereocenters. The highest BCUT2D eigenvalue weighted by molar-refractivity contribution is 6.31. The molecular weight excluding hydrogens is 455 g/mol. The quantitative estimate of drug-likeness (QED) is 0.394. The van der Waals surface area contributed by atoms with Crippen molar-refractivity contribution in [1.82, 2.24) is 9.97 Å². The van der Waals surface area contributed by atoms with E-state index in [9.17, 15) is 14.0 Å². The van der Waals surface area contributed by atoms with Gasteiger partial charge in [-0.1, -0.05) is 41.9 Å². The van der Waals surface area contributed by atoms with E-state index in [2.05, 4.69) is 15.3 Å². The number of aryl methyl sites for hydroxylation is 1. The molecule has 34 heavy (non-hydrogen) atoms. The highest BCUT2D eigenvalue weighted by Crippen LogP contribution is 2.33. The maximum Gasteiger partial charge on any atom is 0.279 e. The first-order chi connectivity index (χ1) is 16.4. The first-order valence-electron chi connectivity index (χ1n) is 10.4. The van der Waals surface area contributed by atoms with Crippen LogP contribution in [0.4, 0.5) is 15.8 Å². The molecule has 170 valence electrons. The number of rotatable bonds is 6. The van der Waals surface area contributed by atoms with Crippen LogP contribution in [0.5, 0.6) is 0 Å². The Balaban J connectivity index is 1.87. The fourth-order valence-corrected chi connectivity index (χ4v) is 3.76. The van der Waals surface area contributed by atoms with E-state index >= 15 is 0 Å². The fourth-order valence-electron chi connectivity index (χ4n) is 3.58. The number of benzene rings is 3. The lowest BCUT2D eigenvalue weighted by Gasteiger charge is -2.32. The van der Waals surface area contributed by atoms with Crippen LogP contribution in [0.1, 0.15) is 27.7 Å². The summed E-state index contributed by atoms with van der Waals surface area (Å²) >= 11 is 6.24. The molecule has 3 aromatic carbocycles. The molecule has 0 bridgehead atoms. The molecule has 0 aliphatic heterocycles. The molecule has 0 fully saturated rings. The van der Waals surface area contributed by atoms with Gasteiger partial charge in [0, 0.05) is 28.8 Å². The topological polar surface area (TPSA) is 75.2 Å². The maximum atomic E-state index is 13.7. The average Bonchev–Trinajstić information content (AvgIpc) is 2.84. The molecule has 2 amide bonds. The van der Waals surface area contributed by atoms with E-state index in [-0.39, 0.29) is 5.69 Å². The van der Waals surface area contributed by atoms with Crippen LogP contribution in [0.3, 0.4) is 0 Å². The van der Waals surface area contributed by atoms with Gasteiger partial charge in [-0.3, -0.25) is 19.5 Å². The number of halogens is 2. The number of hydrogen-bond donors (Lipinski definition) is 1. The third kappa shape index (κ3) is 5.10. The van der Waals surface area contributed by atoms with Crippen LogP contribution in [0.25, 0.3) is 0 Å². The van der Waals surface area contributed by atoms with Crippen molar-refractivity contribution in [1.29, 1.82) is 0 Å². The molecule has 4 aromatic rings. The van der Waals surface area contributed by atoms with Gasteiger partial charge < -0.3 is 5.32 Å². The van der Waals surface area contributed by atoms with Crippen LogP contribution in [0.15, 0.2) is 91.4 Å². The summed E-state index contributed by atoms with van der Waals surface area (Å²) in [4.78, 5) is 36.9. The summed E-state index contributed by atoms with van der Waals surface area (Å²) in [6, 6.07) is 18.3. The Labute approximate surface area is 201 Å². The summed E-state index contributed by atoms with van der Waals surface area (Å²) in [5.74, 6) is -1.44. The van der Waals surface area contributed by atoms with E-state index in [0.29, 0.717) is 22.0 Å². The lowest BCUT2D eigenvalue weighted by Crippen LogP contribution is -2.42. The van der Waals surface area contributed by atoms with Gasteiger partial charge in [-0.2, -0.15) is 0 Å². The lowest BCUT2D eigenvalue weighted by molar-refractivity contribution is -0.117. The Hall–Kier alpha value is -4.10. The molecule has 8 heteroatoms. The van der Waals surface area contributed by atoms with Gasteiger partial charge in [0.2, 0.25) is 0 Å². The lowest BCUT2D eigenvalue weighted by atomic mass is 9.97. The first-order valence-corrected chi connectivity index (χ1v) is 10.8. The number of aromatic nitrogens is 2. The number of carbonyl (C=O) groups is 2. The van der Waals surface area contributed by atoms with Gasteiger partial charge in [-0.25, -0.2) is 9.37 Å². The first kappa shape index (κ1) is 23.1. The smallest absolute Gasteiger partial charge is 0.279 e. The minimum Gasteiger partial charge on any atom is -0.324 e. The predicted molar refractivity (Wildman–Crippen MR) is 129 cm³/mol. The van der Waals surface area contributed by atoms with Gasteiger partial charge in [0.05, 0.1) is 6.20 Å².